The van der Waals surface area contributed by atoms with E-state index in [1.165, 1.54) is 7.11 Å². The van der Waals surface area contributed by atoms with Crippen LogP contribution in [-0.4, -0.2) is 92.9 Å². The van der Waals surface area contributed by atoms with Gasteiger partial charge in [-0.1, -0.05) is 39.0 Å². The van der Waals surface area contributed by atoms with Gasteiger partial charge < -0.3 is 44.0 Å². The lowest BCUT2D eigenvalue weighted by molar-refractivity contribution is -0.137. The lowest BCUT2D eigenvalue weighted by atomic mass is 9.92. The molecule has 4 unspecified atom stereocenters. The molecule has 1 fully saturated rings. The van der Waals surface area contributed by atoms with Crippen molar-refractivity contribution < 1.29 is 33.3 Å². The van der Waals surface area contributed by atoms with Gasteiger partial charge in [0.15, 0.2) is 0 Å². The first-order valence-corrected chi connectivity index (χ1v) is 20.0. The fraction of sp³-hybridized carbons (Fsp3) is 0.477. The zero-order chi connectivity index (χ0) is 41.5. The van der Waals surface area contributed by atoms with Crippen molar-refractivity contribution in [2.75, 3.05) is 27.4 Å². The predicted octanol–water partition coefficient (Wildman–Crippen LogP) is 8.12. The molecule has 58 heavy (non-hydrogen) atoms. The molecule has 3 N–H and O–H groups in total. The number of H-pyrrole nitrogens is 2. The van der Waals surface area contributed by atoms with E-state index in [1.807, 2.05) is 59.4 Å². The number of hydrogen-bond donors (Lipinski definition) is 3. The second-order valence-electron chi connectivity index (χ2n) is 17.0. The molecular formula is C44H55N7O7. The Hall–Kier alpha value is -5.63. The number of carbonyl (C=O) groups excluding carboxylic acids is 3. The first-order chi connectivity index (χ1) is 27.6. The third-order valence-corrected chi connectivity index (χ3v) is 10.9. The van der Waals surface area contributed by atoms with Gasteiger partial charge in [-0.15, -0.1) is 0 Å². The van der Waals surface area contributed by atoms with Crippen LogP contribution >= 0.6 is 0 Å². The maximum Gasteiger partial charge on any atom is 0.410 e. The summed E-state index contributed by atoms with van der Waals surface area (Å²) in [6.45, 7) is 15.1. The van der Waals surface area contributed by atoms with Crippen molar-refractivity contribution in [1.82, 2.24) is 35.1 Å². The van der Waals surface area contributed by atoms with E-state index in [2.05, 4.69) is 56.7 Å². The normalized spacial score (nSPS) is 17.4. The number of nitrogens with zero attached hydrogens (tertiary/aromatic N) is 4. The van der Waals surface area contributed by atoms with Gasteiger partial charge in [-0.25, -0.2) is 19.6 Å². The van der Waals surface area contributed by atoms with Crippen LogP contribution in [0.2, 0.25) is 0 Å². The molecule has 7 rings (SSSR count). The summed E-state index contributed by atoms with van der Waals surface area (Å²) in [6.07, 6.45) is 2.34. The van der Waals surface area contributed by atoms with E-state index in [1.54, 1.807) is 18.2 Å². The lowest BCUT2D eigenvalue weighted by Gasteiger charge is -2.32. The highest BCUT2D eigenvalue weighted by Crippen LogP contribution is 2.43. The Balaban J connectivity index is 1.13. The molecular weight excluding hydrogens is 739 g/mol. The molecule has 14 heteroatoms. The Morgan fingerprint density at radius 3 is 2.55 bits per heavy atom. The molecule has 0 radical (unpaired) electrons. The van der Waals surface area contributed by atoms with Crippen LogP contribution in [0, 0.1) is 11.8 Å². The topological polar surface area (TPSA) is 164 Å². The highest BCUT2D eigenvalue weighted by molar-refractivity contribution is 6.07. The van der Waals surface area contributed by atoms with Crippen LogP contribution in [0.15, 0.2) is 48.7 Å². The van der Waals surface area contributed by atoms with Crippen molar-refractivity contribution in [3.63, 3.8) is 0 Å². The van der Waals surface area contributed by atoms with E-state index in [0.29, 0.717) is 25.6 Å². The summed E-state index contributed by atoms with van der Waals surface area (Å²) in [5.74, 6) is 1.99. The van der Waals surface area contributed by atoms with Crippen LogP contribution in [0.3, 0.4) is 0 Å². The number of aromatic amines is 2. The monoisotopic (exact) mass is 793 g/mol. The van der Waals surface area contributed by atoms with Crippen LogP contribution in [0.25, 0.3) is 44.2 Å². The number of ether oxygens (including phenoxy) is 4. The summed E-state index contributed by atoms with van der Waals surface area (Å²) in [6, 6.07) is 13.6. The molecule has 14 nitrogen and oxygen atoms in total. The van der Waals surface area contributed by atoms with E-state index in [-0.39, 0.29) is 36.4 Å². The summed E-state index contributed by atoms with van der Waals surface area (Å²) in [5.41, 5.74) is 6.00. The maximum absolute atomic E-state index is 13.9. The van der Waals surface area contributed by atoms with Gasteiger partial charge in [0.2, 0.25) is 5.91 Å². The quantitative estimate of drug-likeness (QED) is 0.120. The van der Waals surface area contributed by atoms with E-state index in [9.17, 15) is 14.4 Å². The van der Waals surface area contributed by atoms with E-state index < -0.39 is 23.8 Å². The number of methoxy groups -OCH3 is 2. The first kappa shape index (κ1) is 40.6. The fourth-order valence-electron chi connectivity index (χ4n) is 8.13. The van der Waals surface area contributed by atoms with Crippen molar-refractivity contribution in [1.29, 1.82) is 0 Å². The Morgan fingerprint density at radius 1 is 1.03 bits per heavy atom. The molecule has 0 bridgehead atoms. The predicted molar refractivity (Wildman–Crippen MR) is 221 cm³/mol. The molecule has 3 aromatic carbocycles. The number of amides is 3. The van der Waals surface area contributed by atoms with Crippen LogP contribution in [0.5, 0.6) is 5.75 Å². The highest BCUT2D eigenvalue weighted by atomic mass is 16.6. The summed E-state index contributed by atoms with van der Waals surface area (Å²) in [4.78, 5) is 59.4. The Labute approximate surface area is 339 Å². The standard InChI is InChI=1S/C44H55N7O7/c1-24(2)38(49-42(53)56-9)41(52)51-26(4)10-15-35(51)40-47-33-14-12-27-17-32-30-13-11-28(16-29(30)23-57-36(32)18-31(27)39(33)48-40)34-19-45-37(46-34)21-50(20-25(3)22-55-8)43(54)58-44(5,6)7/h11-14,16-19,24-26,35,38H,10,15,20-23H2,1-9H3,(H,45,46)(H,47,48)(H,49,53). The second kappa shape index (κ2) is 16.3. The summed E-state index contributed by atoms with van der Waals surface area (Å²) in [7, 11) is 2.95. The van der Waals surface area contributed by atoms with Gasteiger partial charge in [0, 0.05) is 30.6 Å². The smallest absolute Gasteiger partial charge is 0.410 e. The molecule has 4 heterocycles. The fourth-order valence-corrected chi connectivity index (χ4v) is 8.13. The number of hydrogen-bond acceptors (Lipinski definition) is 9. The molecule has 1 saturated heterocycles. The molecule has 4 atom stereocenters. The van der Waals surface area contributed by atoms with Crippen molar-refractivity contribution in [2.45, 2.75) is 98.2 Å². The molecule has 308 valence electrons. The Bertz CT molecular complexity index is 2330. The van der Waals surface area contributed by atoms with Crippen molar-refractivity contribution in [3.8, 4) is 28.1 Å². The van der Waals surface area contributed by atoms with E-state index in [4.69, 9.17) is 23.9 Å². The van der Waals surface area contributed by atoms with Gasteiger partial charge in [-0.2, -0.15) is 0 Å². The van der Waals surface area contributed by atoms with Gasteiger partial charge in [0.05, 0.1) is 49.2 Å². The largest absolute Gasteiger partial charge is 0.488 e. The van der Waals surface area contributed by atoms with Crippen molar-refractivity contribution in [3.05, 3.63) is 65.9 Å². The molecule has 3 amide bonds. The van der Waals surface area contributed by atoms with E-state index >= 15 is 0 Å². The number of fused-ring (bicyclic) bond motifs is 6. The van der Waals surface area contributed by atoms with Crippen molar-refractivity contribution >= 4 is 39.9 Å². The van der Waals surface area contributed by atoms with E-state index in [0.717, 1.165) is 74.2 Å². The molecule has 2 aliphatic heterocycles. The first-order valence-electron chi connectivity index (χ1n) is 20.0. The number of nitrogens with one attached hydrogen (secondary N) is 3. The highest BCUT2D eigenvalue weighted by Gasteiger charge is 2.41. The second-order valence-corrected chi connectivity index (χ2v) is 17.0. The number of carbonyl (C=O) groups is 3. The molecule has 0 aliphatic carbocycles. The SMILES string of the molecule is COCC(C)CN(Cc1ncc(-c2ccc3c(c2)COc2cc4c(ccc5[nH]c(C6CCC(C)N6C(=O)C(NC(=O)OC)C(C)C)nc54)cc2-3)[nH]1)C(=O)OC(C)(C)C. The molecule has 2 aromatic heterocycles. The van der Waals surface area contributed by atoms with Crippen LogP contribution in [-0.2, 0) is 32.2 Å². The number of aromatic nitrogens is 4. The number of benzene rings is 3. The third kappa shape index (κ3) is 8.33. The Morgan fingerprint density at radius 2 is 1.83 bits per heavy atom. The van der Waals surface area contributed by atoms with Crippen molar-refractivity contribution in [2.24, 2.45) is 11.8 Å². The van der Waals surface area contributed by atoms with Crippen LogP contribution < -0.4 is 10.1 Å². The number of likely N-dealkylation sites (tertiary alicyclic amines) is 1. The number of alkyl carbamates (subject to hydrolysis) is 1. The Kier molecular flexibility index (Phi) is 11.4. The molecule has 0 saturated carbocycles. The van der Waals surface area contributed by atoms with Gasteiger partial charge in [-0.05, 0) is 98.7 Å². The zero-order valence-corrected chi connectivity index (χ0v) is 34.9. The van der Waals surface area contributed by atoms with Crippen LogP contribution in [0.4, 0.5) is 9.59 Å². The maximum atomic E-state index is 13.9. The number of rotatable bonds is 11. The number of imidazole rings is 2. The van der Waals surface area contributed by atoms with Crippen LogP contribution in [0.1, 0.15) is 84.6 Å². The molecule has 0 spiro atoms. The summed E-state index contributed by atoms with van der Waals surface area (Å²) >= 11 is 0. The molecule has 2 aliphatic rings. The van der Waals surface area contributed by atoms with Gasteiger partial charge in [0.1, 0.15) is 35.6 Å². The molecule has 5 aromatic rings. The minimum atomic E-state index is -0.720. The summed E-state index contributed by atoms with van der Waals surface area (Å²) < 4.78 is 22.2. The average molecular weight is 794 g/mol. The average Bonchev–Trinajstić information content (AvgIpc) is 3.93. The minimum Gasteiger partial charge on any atom is -0.488 e. The van der Waals surface area contributed by atoms with Gasteiger partial charge >= 0.3 is 12.2 Å². The van der Waals surface area contributed by atoms with Gasteiger partial charge in [0.25, 0.3) is 0 Å². The van der Waals surface area contributed by atoms with Gasteiger partial charge in [-0.3, -0.25) is 4.79 Å². The lowest BCUT2D eigenvalue weighted by Crippen LogP contribution is -2.52. The summed E-state index contributed by atoms with van der Waals surface area (Å²) in [5, 5.41) is 4.71. The third-order valence-electron chi connectivity index (χ3n) is 10.9. The zero-order valence-electron chi connectivity index (χ0n) is 34.9. The minimum absolute atomic E-state index is 0.0193.